The number of carbonyl (C=O) groups is 1. The largest absolute Gasteiger partial charge is 0.342 e. The molecule has 122 valence electrons. The van der Waals surface area contributed by atoms with Gasteiger partial charge < -0.3 is 4.90 Å². The minimum Gasteiger partial charge on any atom is -0.342 e. The van der Waals surface area contributed by atoms with Crippen LogP contribution < -0.4 is 0 Å². The number of benzene rings is 1. The lowest BCUT2D eigenvalue weighted by atomic mass is 10.1. The number of amides is 1. The fourth-order valence-electron chi connectivity index (χ4n) is 2.92. The van der Waals surface area contributed by atoms with Crippen LogP contribution in [0.25, 0.3) is 5.69 Å². The third-order valence-corrected chi connectivity index (χ3v) is 4.56. The van der Waals surface area contributed by atoms with Gasteiger partial charge in [-0.1, -0.05) is 12.1 Å². The maximum Gasteiger partial charge on any atom is 0.236 e. The number of likely N-dealkylation sites (tertiary alicyclic amines) is 1. The summed E-state index contributed by atoms with van der Waals surface area (Å²) in [5.74, 6) is 0.232. The topological polar surface area (TPSA) is 54.3 Å². The second-order valence-corrected chi connectivity index (χ2v) is 6.11. The van der Waals surface area contributed by atoms with Crippen LogP contribution in [0.1, 0.15) is 31.4 Å². The van der Waals surface area contributed by atoms with Gasteiger partial charge in [0.1, 0.15) is 12.7 Å². The van der Waals surface area contributed by atoms with Gasteiger partial charge in [0.25, 0.3) is 0 Å². The molecule has 1 amide bonds. The Morgan fingerprint density at radius 3 is 2.57 bits per heavy atom. The first-order valence-corrected chi connectivity index (χ1v) is 8.08. The molecule has 1 fully saturated rings. The first kappa shape index (κ1) is 15.7. The molecule has 0 saturated carbocycles. The monoisotopic (exact) mass is 313 g/mol. The first-order chi connectivity index (χ1) is 11.1. The molecule has 0 aliphatic carbocycles. The van der Waals surface area contributed by atoms with Crippen molar-refractivity contribution in [3.8, 4) is 5.69 Å². The number of carbonyl (C=O) groups excluding carboxylic acids is 1. The van der Waals surface area contributed by atoms with Crippen LogP contribution in [0, 0.1) is 0 Å². The maximum absolute atomic E-state index is 12.3. The molecule has 0 N–H and O–H groups in total. The zero-order valence-electron chi connectivity index (χ0n) is 13.7. The van der Waals surface area contributed by atoms with E-state index in [2.05, 4.69) is 34.0 Å². The number of likely N-dealkylation sites (N-methyl/N-ethyl adjacent to an activating group) is 1. The molecule has 0 spiro atoms. The summed E-state index contributed by atoms with van der Waals surface area (Å²) in [6.07, 6.45) is 5.47. The van der Waals surface area contributed by atoms with Crippen molar-refractivity contribution in [3.05, 3.63) is 42.5 Å². The van der Waals surface area contributed by atoms with Crippen molar-refractivity contribution < 1.29 is 4.79 Å². The van der Waals surface area contributed by atoms with E-state index in [1.165, 1.54) is 11.9 Å². The van der Waals surface area contributed by atoms with Gasteiger partial charge >= 0.3 is 0 Å². The van der Waals surface area contributed by atoms with E-state index in [4.69, 9.17) is 0 Å². The Kier molecular flexibility index (Phi) is 4.71. The SMILES string of the molecule is CC(c1ccc(-n2cncn2)cc1)N(C)CC(=O)N1CCCC1. The van der Waals surface area contributed by atoms with Crippen LogP contribution in [0.3, 0.4) is 0 Å². The number of aromatic nitrogens is 3. The normalized spacial score (nSPS) is 16.0. The van der Waals surface area contributed by atoms with Gasteiger partial charge in [-0.15, -0.1) is 0 Å². The number of hydrogen-bond acceptors (Lipinski definition) is 4. The van der Waals surface area contributed by atoms with E-state index in [0.29, 0.717) is 6.54 Å². The molecular formula is C17H23N5O. The summed E-state index contributed by atoms with van der Waals surface area (Å²) in [5.41, 5.74) is 2.17. The molecule has 1 aliphatic rings. The Morgan fingerprint density at radius 2 is 1.96 bits per heavy atom. The zero-order valence-corrected chi connectivity index (χ0v) is 13.7. The van der Waals surface area contributed by atoms with Crippen molar-refractivity contribution in [2.45, 2.75) is 25.8 Å². The van der Waals surface area contributed by atoms with Crippen molar-refractivity contribution in [2.24, 2.45) is 0 Å². The molecule has 0 radical (unpaired) electrons. The lowest BCUT2D eigenvalue weighted by Crippen LogP contribution is -2.38. The van der Waals surface area contributed by atoms with E-state index in [9.17, 15) is 4.79 Å². The van der Waals surface area contributed by atoms with Crippen LogP contribution in [0.4, 0.5) is 0 Å². The smallest absolute Gasteiger partial charge is 0.236 e. The van der Waals surface area contributed by atoms with Gasteiger partial charge in [0.15, 0.2) is 0 Å². The second kappa shape index (κ2) is 6.91. The average molecular weight is 313 g/mol. The number of hydrogen-bond donors (Lipinski definition) is 0. The molecule has 0 bridgehead atoms. The van der Waals surface area contributed by atoms with Crippen molar-refractivity contribution >= 4 is 5.91 Å². The van der Waals surface area contributed by atoms with E-state index < -0.39 is 0 Å². The molecule has 23 heavy (non-hydrogen) atoms. The van der Waals surface area contributed by atoms with Gasteiger partial charge in [0, 0.05) is 19.1 Å². The molecule has 1 aliphatic heterocycles. The zero-order chi connectivity index (χ0) is 16.2. The van der Waals surface area contributed by atoms with Crippen LogP contribution in [0.15, 0.2) is 36.9 Å². The van der Waals surface area contributed by atoms with Gasteiger partial charge in [-0.3, -0.25) is 9.69 Å². The van der Waals surface area contributed by atoms with Gasteiger partial charge in [-0.2, -0.15) is 5.10 Å². The van der Waals surface area contributed by atoms with E-state index in [0.717, 1.165) is 31.6 Å². The highest BCUT2D eigenvalue weighted by molar-refractivity contribution is 5.78. The summed E-state index contributed by atoms with van der Waals surface area (Å²) in [7, 11) is 2.00. The summed E-state index contributed by atoms with van der Waals surface area (Å²) in [6, 6.07) is 8.40. The van der Waals surface area contributed by atoms with Gasteiger partial charge in [0.05, 0.1) is 12.2 Å². The highest BCUT2D eigenvalue weighted by Gasteiger charge is 2.21. The summed E-state index contributed by atoms with van der Waals surface area (Å²) in [4.78, 5) is 20.3. The minimum absolute atomic E-state index is 0.186. The van der Waals surface area contributed by atoms with Crippen molar-refractivity contribution in [3.63, 3.8) is 0 Å². The number of rotatable bonds is 5. The van der Waals surface area contributed by atoms with Crippen molar-refractivity contribution in [1.82, 2.24) is 24.6 Å². The minimum atomic E-state index is 0.186. The summed E-state index contributed by atoms with van der Waals surface area (Å²) < 4.78 is 1.73. The molecule has 1 unspecified atom stereocenters. The Hall–Kier alpha value is -2.21. The third-order valence-electron chi connectivity index (χ3n) is 4.56. The lowest BCUT2D eigenvalue weighted by Gasteiger charge is -2.27. The second-order valence-electron chi connectivity index (χ2n) is 6.11. The third kappa shape index (κ3) is 3.59. The van der Waals surface area contributed by atoms with E-state index in [1.54, 1.807) is 11.0 Å². The Morgan fingerprint density at radius 1 is 1.26 bits per heavy atom. The summed E-state index contributed by atoms with van der Waals surface area (Å²) in [5, 5.41) is 4.12. The van der Waals surface area contributed by atoms with Crippen LogP contribution in [-0.2, 0) is 4.79 Å². The van der Waals surface area contributed by atoms with Crippen LogP contribution in [0.2, 0.25) is 0 Å². The summed E-state index contributed by atoms with van der Waals surface area (Å²) in [6.45, 7) is 4.41. The summed E-state index contributed by atoms with van der Waals surface area (Å²) >= 11 is 0. The van der Waals surface area contributed by atoms with E-state index in [1.807, 2.05) is 24.1 Å². The molecule has 1 aromatic carbocycles. The molecule has 3 rings (SSSR count). The highest BCUT2D eigenvalue weighted by atomic mass is 16.2. The molecular weight excluding hydrogens is 290 g/mol. The highest BCUT2D eigenvalue weighted by Crippen LogP contribution is 2.20. The maximum atomic E-state index is 12.3. The van der Waals surface area contributed by atoms with Crippen LogP contribution in [-0.4, -0.2) is 57.2 Å². The molecule has 1 aromatic heterocycles. The number of nitrogens with zero attached hydrogens (tertiary/aromatic N) is 5. The standard InChI is InChI=1S/C17H23N5O/c1-14(20(2)11-17(23)21-9-3-4-10-21)15-5-7-16(8-6-15)22-13-18-12-19-22/h5-8,12-14H,3-4,9-11H2,1-2H3. The molecule has 1 atom stereocenters. The Labute approximate surface area is 136 Å². The molecule has 2 aromatic rings. The van der Waals surface area contributed by atoms with Crippen molar-refractivity contribution in [1.29, 1.82) is 0 Å². The molecule has 6 heteroatoms. The first-order valence-electron chi connectivity index (χ1n) is 8.08. The lowest BCUT2D eigenvalue weighted by molar-refractivity contribution is -0.131. The van der Waals surface area contributed by atoms with Gasteiger partial charge in [-0.25, -0.2) is 9.67 Å². The van der Waals surface area contributed by atoms with Gasteiger partial charge in [-0.05, 0) is 44.5 Å². The molecule has 1 saturated heterocycles. The average Bonchev–Trinajstić information content (AvgIpc) is 3.27. The Bertz CT molecular complexity index is 632. The Balaban J connectivity index is 1.62. The van der Waals surface area contributed by atoms with Gasteiger partial charge in [0.2, 0.25) is 5.91 Å². The molecule has 2 heterocycles. The fraction of sp³-hybridized carbons (Fsp3) is 0.471. The quantitative estimate of drug-likeness (QED) is 0.846. The van der Waals surface area contributed by atoms with E-state index in [-0.39, 0.29) is 11.9 Å². The van der Waals surface area contributed by atoms with E-state index >= 15 is 0 Å². The predicted molar refractivity (Wildman–Crippen MR) is 88.2 cm³/mol. The molecule has 6 nitrogen and oxygen atoms in total. The van der Waals surface area contributed by atoms with Crippen LogP contribution >= 0.6 is 0 Å². The fourth-order valence-corrected chi connectivity index (χ4v) is 2.92. The van der Waals surface area contributed by atoms with Crippen molar-refractivity contribution in [2.75, 3.05) is 26.7 Å². The predicted octanol–water partition coefficient (Wildman–Crippen LogP) is 1.88. The van der Waals surface area contributed by atoms with Crippen LogP contribution in [0.5, 0.6) is 0 Å².